The second-order valence-corrected chi connectivity index (χ2v) is 8.31. The van der Waals surface area contributed by atoms with Crippen LogP contribution in [0.1, 0.15) is 23.6 Å². The first-order chi connectivity index (χ1) is 13.7. The van der Waals surface area contributed by atoms with Crippen LogP contribution >= 0.6 is 11.6 Å². The zero-order chi connectivity index (χ0) is 18.9. The molecule has 0 fully saturated rings. The molecule has 1 nitrogen and oxygen atoms in total. The first-order valence-corrected chi connectivity index (χ1v) is 10.2. The molecule has 3 unspecified atom stereocenters. The van der Waals surface area contributed by atoms with Crippen molar-refractivity contribution in [2.24, 2.45) is 11.8 Å². The number of para-hydroxylation sites is 1. The Kier molecular flexibility index (Phi) is 3.25. The zero-order valence-corrected chi connectivity index (χ0v) is 16.3. The van der Waals surface area contributed by atoms with Crippen molar-refractivity contribution in [1.82, 2.24) is 0 Å². The Hall–Kier alpha value is -2.77. The molecule has 3 aromatic rings. The normalized spacial score (nSPS) is 26.0. The van der Waals surface area contributed by atoms with E-state index in [0.29, 0.717) is 5.92 Å². The van der Waals surface area contributed by atoms with Gasteiger partial charge >= 0.3 is 0 Å². The Labute approximate surface area is 169 Å². The van der Waals surface area contributed by atoms with Gasteiger partial charge in [-0.1, -0.05) is 85.3 Å². The maximum absolute atomic E-state index is 6.78. The van der Waals surface area contributed by atoms with E-state index in [1.165, 1.54) is 22.3 Å². The summed E-state index contributed by atoms with van der Waals surface area (Å²) < 4.78 is 6.43. The largest absolute Gasteiger partial charge is 0.461 e. The van der Waals surface area contributed by atoms with E-state index >= 15 is 0 Å². The van der Waals surface area contributed by atoms with Crippen molar-refractivity contribution in [3.63, 3.8) is 0 Å². The Morgan fingerprint density at radius 2 is 1.61 bits per heavy atom. The van der Waals surface area contributed by atoms with Gasteiger partial charge in [0.05, 0.1) is 5.41 Å². The molecule has 3 atom stereocenters. The zero-order valence-electron chi connectivity index (χ0n) is 15.5. The third kappa shape index (κ3) is 1.83. The van der Waals surface area contributed by atoms with Crippen LogP contribution in [0.15, 0.2) is 90.7 Å². The summed E-state index contributed by atoms with van der Waals surface area (Å²) in [6, 6.07) is 23.6. The van der Waals surface area contributed by atoms with E-state index in [0.717, 1.165) is 22.1 Å². The quantitative estimate of drug-likeness (QED) is 0.417. The van der Waals surface area contributed by atoms with E-state index < -0.39 is 0 Å². The molecule has 2 heteroatoms. The van der Waals surface area contributed by atoms with E-state index in [1.807, 2.05) is 6.07 Å². The second-order valence-electron chi connectivity index (χ2n) is 7.90. The van der Waals surface area contributed by atoms with Crippen molar-refractivity contribution >= 4 is 11.6 Å². The number of ether oxygens (including phenoxy) is 1. The fraction of sp³-hybridized carbons (Fsp3) is 0.154. The van der Waals surface area contributed by atoms with Crippen LogP contribution in [0.25, 0.3) is 11.1 Å². The monoisotopic (exact) mass is 382 g/mol. The molecular weight excluding hydrogens is 364 g/mol. The number of rotatable bonds is 0. The van der Waals surface area contributed by atoms with Gasteiger partial charge in [-0.3, -0.25) is 0 Å². The predicted molar refractivity (Wildman–Crippen MR) is 114 cm³/mol. The summed E-state index contributed by atoms with van der Waals surface area (Å²) in [4.78, 5) is 0. The molecule has 1 spiro atoms. The fourth-order valence-electron chi connectivity index (χ4n) is 5.62. The number of hydrogen-bond acceptors (Lipinski definition) is 1. The van der Waals surface area contributed by atoms with E-state index in [4.69, 9.17) is 16.3 Å². The maximum atomic E-state index is 6.78. The molecule has 0 saturated heterocycles. The van der Waals surface area contributed by atoms with Crippen LogP contribution in [0.3, 0.4) is 0 Å². The molecule has 3 aliphatic rings. The third-order valence-electron chi connectivity index (χ3n) is 6.57. The summed E-state index contributed by atoms with van der Waals surface area (Å²) >= 11 is 6.78. The highest BCUT2D eigenvalue weighted by Gasteiger charge is 2.57. The van der Waals surface area contributed by atoms with Gasteiger partial charge in [0.15, 0.2) is 0 Å². The third-order valence-corrected chi connectivity index (χ3v) is 6.89. The Morgan fingerprint density at radius 1 is 0.857 bits per heavy atom. The highest BCUT2D eigenvalue weighted by atomic mass is 35.5. The lowest BCUT2D eigenvalue weighted by Gasteiger charge is -2.48. The summed E-state index contributed by atoms with van der Waals surface area (Å²) in [6.07, 6.45) is 6.55. The van der Waals surface area contributed by atoms with Gasteiger partial charge in [-0.25, -0.2) is 0 Å². The molecule has 2 aliphatic carbocycles. The van der Waals surface area contributed by atoms with Crippen molar-refractivity contribution in [2.75, 3.05) is 0 Å². The first-order valence-electron chi connectivity index (χ1n) is 9.77. The highest BCUT2D eigenvalue weighted by Crippen LogP contribution is 2.64. The molecule has 0 bridgehead atoms. The second kappa shape index (κ2) is 5.62. The van der Waals surface area contributed by atoms with Crippen LogP contribution in [0.5, 0.6) is 5.75 Å². The van der Waals surface area contributed by atoms with Crippen LogP contribution in [0.2, 0.25) is 5.02 Å². The molecule has 0 amide bonds. The standard InChI is InChI=1S/C26H19ClO/c1-16-8-6-15-23-25(16)26(19-11-4-5-14-22(19)28-23)18-10-3-2-9-17(18)24-20(26)12-7-13-21(24)27/h2-16,25H,1H3. The van der Waals surface area contributed by atoms with Crippen molar-refractivity contribution in [1.29, 1.82) is 0 Å². The van der Waals surface area contributed by atoms with E-state index in [-0.39, 0.29) is 11.3 Å². The molecule has 0 saturated carbocycles. The average Bonchev–Trinajstić information content (AvgIpc) is 3.01. The lowest BCUT2D eigenvalue weighted by Crippen LogP contribution is -2.45. The van der Waals surface area contributed by atoms with E-state index in [9.17, 15) is 0 Å². The molecule has 6 rings (SSSR count). The molecule has 3 aromatic carbocycles. The molecular formula is C26H19ClO. The van der Waals surface area contributed by atoms with Crippen molar-refractivity contribution in [2.45, 2.75) is 12.3 Å². The SMILES string of the molecule is CC1C=CC=C2Oc3ccccc3C3(c4ccccc4-c4c(Cl)cccc43)C21. The van der Waals surface area contributed by atoms with Crippen LogP contribution in [0.4, 0.5) is 0 Å². The number of benzene rings is 3. The van der Waals surface area contributed by atoms with Crippen LogP contribution in [-0.2, 0) is 5.41 Å². The van der Waals surface area contributed by atoms with Gasteiger partial charge in [-0.05, 0) is 40.8 Å². The van der Waals surface area contributed by atoms with Gasteiger partial charge in [0.25, 0.3) is 0 Å². The van der Waals surface area contributed by atoms with Crippen molar-refractivity contribution in [3.8, 4) is 16.9 Å². The number of halogens is 1. The topological polar surface area (TPSA) is 9.23 Å². The van der Waals surface area contributed by atoms with Crippen LogP contribution in [-0.4, -0.2) is 0 Å². The van der Waals surface area contributed by atoms with Gasteiger partial charge in [-0.15, -0.1) is 0 Å². The highest BCUT2D eigenvalue weighted by molar-refractivity contribution is 6.34. The fourth-order valence-corrected chi connectivity index (χ4v) is 5.90. The summed E-state index contributed by atoms with van der Waals surface area (Å²) in [5.74, 6) is 2.51. The van der Waals surface area contributed by atoms with Gasteiger partial charge in [0.1, 0.15) is 11.5 Å². The lowest BCUT2D eigenvalue weighted by atomic mass is 9.58. The minimum atomic E-state index is -0.304. The molecule has 0 aromatic heterocycles. The van der Waals surface area contributed by atoms with Gasteiger partial charge in [-0.2, -0.15) is 0 Å². The summed E-state index contributed by atoms with van der Waals surface area (Å²) in [7, 11) is 0. The smallest absolute Gasteiger partial charge is 0.131 e. The van der Waals surface area contributed by atoms with Gasteiger partial charge in [0, 0.05) is 22.1 Å². The van der Waals surface area contributed by atoms with Crippen LogP contribution < -0.4 is 4.74 Å². The molecule has 28 heavy (non-hydrogen) atoms. The van der Waals surface area contributed by atoms with Crippen LogP contribution in [0, 0.1) is 11.8 Å². The van der Waals surface area contributed by atoms with E-state index in [1.54, 1.807) is 0 Å². The number of fused-ring (bicyclic) bond motifs is 9. The Morgan fingerprint density at radius 3 is 2.50 bits per heavy atom. The number of allylic oxidation sites excluding steroid dienone is 4. The Bertz CT molecular complexity index is 1190. The van der Waals surface area contributed by atoms with E-state index in [2.05, 4.69) is 85.8 Å². The van der Waals surface area contributed by atoms with Crippen molar-refractivity contribution in [3.05, 3.63) is 112 Å². The van der Waals surface area contributed by atoms with Gasteiger partial charge in [0.2, 0.25) is 0 Å². The molecule has 1 heterocycles. The maximum Gasteiger partial charge on any atom is 0.131 e. The first kappa shape index (κ1) is 16.2. The molecule has 1 aliphatic heterocycles. The summed E-state index contributed by atoms with van der Waals surface area (Å²) in [6.45, 7) is 2.29. The minimum Gasteiger partial charge on any atom is -0.461 e. The predicted octanol–water partition coefficient (Wildman–Crippen LogP) is 6.75. The number of hydrogen-bond donors (Lipinski definition) is 0. The summed E-state index contributed by atoms with van der Waals surface area (Å²) in [5, 5.41) is 0.815. The Balaban J connectivity index is 1.83. The van der Waals surface area contributed by atoms with Crippen molar-refractivity contribution < 1.29 is 4.74 Å². The average molecular weight is 383 g/mol. The minimum absolute atomic E-state index is 0.188. The molecule has 136 valence electrons. The summed E-state index contributed by atoms with van der Waals surface area (Å²) in [5.41, 5.74) is 5.94. The van der Waals surface area contributed by atoms with Gasteiger partial charge < -0.3 is 4.74 Å². The molecule has 0 radical (unpaired) electrons. The molecule has 0 N–H and O–H groups in total. The lowest BCUT2D eigenvalue weighted by molar-refractivity contribution is 0.216.